The van der Waals surface area contributed by atoms with E-state index in [4.69, 9.17) is 0 Å². The van der Waals surface area contributed by atoms with E-state index in [-0.39, 0.29) is 35.5 Å². The quantitative estimate of drug-likeness (QED) is 0.827. The summed E-state index contributed by atoms with van der Waals surface area (Å²) in [5.74, 6) is -2.55. The fraction of sp³-hybridized carbons (Fsp3) is 0.222. The van der Waals surface area contributed by atoms with Crippen molar-refractivity contribution in [1.29, 1.82) is 0 Å². The molecule has 1 fully saturated rings. The molecule has 0 spiro atoms. The van der Waals surface area contributed by atoms with Crippen molar-refractivity contribution in [2.45, 2.75) is 6.17 Å². The van der Waals surface area contributed by atoms with Crippen molar-refractivity contribution in [2.24, 2.45) is 0 Å². The number of rotatable bonds is 4. The minimum atomic E-state index is -1.07. The van der Waals surface area contributed by atoms with Gasteiger partial charge in [0.15, 0.2) is 0 Å². The van der Waals surface area contributed by atoms with Crippen molar-refractivity contribution in [3.8, 4) is 0 Å². The lowest BCUT2D eigenvalue weighted by Crippen LogP contribution is -2.51. The molecule has 7 nitrogen and oxygen atoms in total. The molecule has 1 aliphatic heterocycles. The number of amides is 2. The molecule has 2 heterocycles. The predicted molar refractivity (Wildman–Crippen MR) is 90.7 cm³/mol. The molecule has 2 amide bonds. The van der Waals surface area contributed by atoms with Gasteiger partial charge in [0.2, 0.25) is 0 Å². The van der Waals surface area contributed by atoms with Gasteiger partial charge in [0.1, 0.15) is 12.0 Å². The molecule has 1 saturated heterocycles. The molecular weight excluding hydrogens is 360 g/mol. The molecular formula is C18H15F2N3O4. The fourth-order valence-electron chi connectivity index (χ4n) is 2.56. The summed E-state index contributed by atoms with van der Waals surface area (Å²) in [5, 5.41) is 2.45. The topological polar surface area (TPSA) is 88.6 Å². The van der Waals surface area contributed by atoms with Gasteiger partial charge in [-0.25, -0.2) is 13.6 Å². The van der Waals surface area contributed by atoms with Crippen LogP contribution in [0.1, 0.15) is 31.1 Å². The van der Waals surface area contributed by atoms with Crippen LogP contribution in [0.2, 0.25) is 0 Å². The molecule has 0 aliphatic carbocycles. The summed E-state index contributed by atoms with van der Waals surface area (Å²) in [4.78, 5) is 41.1. The number of pyridine rings is 1. The lowest BCUT2D eigenvalue weighted by Gasteiger charge is -2.34. The van der Waals surface area contributed by atoms with Gasteiger partial charge in [-0.15, -0.1) is 0 Å². The van der Waals surface area contributed by atoms with Crippen LogP contribution in [0.4, 0.5) is 14.5 Å². The normalized spacial score (nSPS) is 13.7. The summed E-state index contributed by atoms with van der Waals surface area (Å²) in [6.07, 6.45) is 1.40. The van der Waals surface area contributed by atoms with E-state index in [2.05, 4.69) is 15.0 Å². The smallest absolute Gasteiger partial charge is 0.339 e. The summed E-state index contributed by atoms with van der Waals surface area (Å²) in [6.45, 7) is -0.0773. The number of esters is 1. The number of likely N-dealkylation sites (tertiary alicyclic amines) is 1. The van der Waals surface area contributed by atoms with Crippen LogP contribution in [-0.4, -0.2) is 54.0 Å². The highest BCUT2D eigenvalue weighted by Gasteiger charge is 2.31. The number of carbonyl (C=O) groups is 3. The maximum absolute atomic E-state index is 13.8. The van der Waals surface area contributed by atoms with Crippen LogP contribution in [0.3, 0.4) is 0 Å². The molecule has 2 aromatic rings. The molecule has 140 valence electrons. The second-order valence-electron chi connectivity index (χ2n) is 5.94. The van der Waals surface area contributed by atoms with Gasteiger partial charge in [-0.3, -0.25) is 14.6 Å². The first-order valence-electron chi connectivity index (χ1n) is 7.96. The Morgan fingerprint density at radius 1 is 1.11 bits per heavy atom. The monoisotopic (exact) mass is 375 g/mol. The number of carbonyl (C=O) groups excluding carboxylic acids is 3. The summed E-state index contributed by atoms with van der Waals surface area (Å²) in [7, 11) is 1.20. The maximum atomic E-state index is 13.8. The molecule has 1 aliphatic rings. The average Bonchev–Trinajstić information content (AvgIpc) is 2.63. The van der Waals surface area contributed by atoms with Gasteiger partial charge in [-0.1, -0.05) is 0 Å². The molecule has 0 atom stereocenters. The van der Waals surface area contributed by atoms with E-state index in [0.717, 1.165) is 12.1 Å². The van der Waals surface area contributed by atoms with E-state index >= 15 is 0 Å². The third-order valence-corrected chi connectivity index (χ3v) is 3.95. The molecule has 0 unspecified atom stereocenters. The van der Waals surface area contributed by atoms with Crippen LogP contribution in [-0.2, 0) is 4.74 Å². The zero-order valence-corrected chi connectivity index (χ0v) is 14.2. The number of nitrogens with one attached hydrogen (secondary N) is 1. The molecule has 3 rings (SSSR count). The minimum Gasteiger partial charge on any atom is -0.465 e. The Kier molecular flexibility index (Phi) is 5.11. The second kappa shape index (κ2) is 7.48. The van der Waals surface area contributed by atoms with E-state index in [1.54, 1.807) is 0 Å². The first-order valence-corrected chi connectivity index (χ1v) is 7.96. The second-order valence-corrected chi connectivity index (χ2v) is 5.94. The van der Waals surface area contributed by atoms with Crippen molar-refractivity contribution in [1.82, 2.24) is 9.88 Å². The first kappa shape index (κ1) is 18.4. The van der Waals surface area contributed by atoms with Crippen LogP contribution in [0.5, 0.6) is 0 Å². The van der Waals surface area contributed by atoms with Crippen molar-refractivity contribution < 1.29 is 27.9 Å². The first-order chi connectivity index (χ1) is 12.9. The van der Waals surface area contributed by atoms with Gasteiger partial charge in [0.25, 0.3) is 11.8 Å². The third-order valence-electron chi connectivity index (χ3n) is 3.95. The number of hydrogen-bond acceptors (Lipinski definition) is 5. The number of benzene rings is 1. The standard InChI is InChI=1S/C18H15F2N3O4/c1-27-18(26)12-2-11(6-21-7-12)16(24)22-15-4-10(3-13(19)5-15)17(25)23-8-14(20)9-23/h2-7,14H,8-9H2,1H3,(H,22,24). The Bertz CT molecular complexity index is 913. The summed E-state index contributed by atoms with van der Waals surface area (Å²) in [6, 6.07) is 4.64. The molecule has 0 saturated carbocycles. The van der Waals surface area contributed by atoms with Crippen molar-refractivity contribution in [2.75, 3.05) is 25.5 Å². The van der Waals surface area contributed by atoms with Crippen LogP contribution in [0.25, 0.3) is 0 Å². The Morgan fingerprint density at radius 2 is 1.81 bits per heavy atom. The van der Waals surface area contributed by atoms with E-state index < -0.39 is 29.8 Å². The van der Waals surface area contributed by atoms with Gasteiger partial charge < -0.3 is 15.0 Å². The highest BCUT2D eigenvalue weighted by atomic mass is 19.1. The number of halogens is 2. The van der Waals surface area contributed by atoms with Crippen LogP contribution in [0, 0.1) is 5.82 Å². The Balaban J connectivity index is 1.78. The largest absolute Gasteiger partial charge is 0.465 e. The Labute approximate surface area is 152 Å². The summed E-state index contributed by atoms with van der Waals surface area (Å²) >= 11 is 0. The fourth-order valence-corrected chi connectivity index (χ4v) is 2.56. The molecule has 1 aromatic carbocycles. The summed E-state index contributed by atoms with van der Waals surface area (Å²) in [5.41, 5.74) is 0.180. The van der Waals surface area contributed by atoms with Gasteiger partial charge in [0, 0.05) is 23.6 Å². The molecule has 1 N–H and O–H groups in total. The lowest BCUT2D eigenvalue weighted by molar-refractivity contribution is 0.0399. The van der Waals surface area contributed by atoms with Gasteiger partial charge in [-0.2, -0.15) is 0 Å². The predicted octanol–water partition coefficient (Wildman–Crippen LogP) is 2.05. The highest BCUT2D eigenvalue weighted by Crippen LogP contribution is 2.20. The average molecular weight is 375 g/mol. The Hall–Kier alpha value is -3.36. The number of anilines is 1. The zero-order chi connectivity index (χ0) is 19.6. The van der Waals surface area contributed by atoms with E-state index in [0.29, 0.717) is 0 Å². The molecule has 1 aromatic heterocycles. The van der Waals surface area contributed by atoms with Crippen LogP contribution >= 0.6 is 0 Å². The molecule has 27 heavy (non-hydrogen) atoms. The number of nitrogens with zero attached hydrogens (tertiary/aromatic N) is 2. The number of alkyl halides is 1. The third kappa shape index (κ3) is 4.08. The van der Waals surface area contributed by atoms with Crippen molar-refractivity contribution in [3.63, 3.8) is 0 Å². The maximum Gasteiger partial charge on any atom is 0.339 e. The van der Waals surface area contributed by atoms with Crippen molar-refractivity contribution in [3.05, 3.63) is 59.2 Å². The molecule has 0 bridgehead atoms. The number of methoxy groups -OCH3 is 1. The van der Waals surface area contributed by atoms with Crippen LogP contribution < -0.4 is 5.32 Å². The lowest BCUT2D eigenvalue weighted by atomic mass is 10.1. The number of aromatic nitrogens is 1. The zero-order valence-electron chi connectivity index (χ0n) is 14.2. The highest BCUT2D eigenvalue weighted by molar-refractivity contribution is 6.06. The van der Waals surface area contributed by atoms with E-state index in [1.807, 2.05) is 0 Å². The van der Waals surface area contributed by atoms with Crippen LogP contribution in [0.15, 0.2) is 36.7 Å². The SMILES string of the molecule is COC(=O)c1cncc(C(=O)Nc2cc(F)cc(C(=O)N3CC(F)C3)c2)c1. The molecule has 0 radical (unpaired) electrons. The van der Waals surface area contributed by atoms with E-state index in [1.165, 1.54) is 36.5 Å². The van der Waals surface area contributed by atoms with Crippen molar-refractivity contribution >= 4 is 23.5 Å². The van der Waals surface area contributed by atoms with Gasteiger partial charge >= 0.3 is 5.97 Å². The number of ether oxygens (including phenoxy) is 1. The van der Waals surface area contributed by atoms with E-state index in [9.17, 15) is 23.2 Å². The Morgan fingerprint density at radius 3 is 2.48 bits per heavy atom. The van der Waals surface area contributed by atoms with Gasteiger partial charge in [-0.05, 0) is 24.3 Å². The number of hydrogen-bond donors (Lipinski definition) is 1. The summed E-state index contributed by atoms with van der Waals surface area (Å²) < 4.78 is 31.3. The minimum absolute atomic E-state index is 0.00126. The van der Waals surface area contributed by atoms with Gasteiger partial charge in [0.05, 0.1) is 31.3 Å². The molecule has 9 heteroatoms.